The number of carbonyl (C=O) groups is 1. The smallest absolute Gasteiger partial charge is 0.335 e. The molecule has 0 aliphatic heterocycles. The van der Waals surface area contributed by atoms with Gasteiger partial charge in [0.05, 0.1) is 12.7 Å². The van der Waals surface area contributed by atoms with E-state index in [1.165, 1.54) is 5.56 Å². The van der Waals surface area contributed by atoms with E-state index >= 15 is 0 Å². The van der Waals surface area contributed by atoms with E-state index in [0.29, 0.717) is 11.6 Å². The Labute approximate surface area is 137 Å². The molecule has 0 amide bonds. The first-order valence-electron chi connectivity index (χ1n) is 7.77. The zero-order valence-electron chi connectivity index (χ0n) is 13.6. The highest BCUT2D eigenvalue weighted by molar-refractivity contribution is 5.87. The monoisotopic (exact) mass is 313 g/mol. The summed E-state index contributed by atoms with van der Waals surface area (Å²) in [6.07, 6.45) is 2.05. The van der Waals surface area contributed by atoms with Gasteiger partial charge < -0.3 is 15.2 Å². The Morgan fingerprint density at radius 1 is 1.09 bits per heavy atom. The van der Waals surface area contributed by atoms with Crippen LogP contribution < -0.4 is 10.1 Å². The molecule has 2 rings (SSSR count). The number of ether oxygens (including phenoxy) is 1. The van der Waals surface area contributed by atoms with E-state index in [1.54, 1.807) is 19.2 Å². The van der Waals surface area contributed by atoms with Crippen molar-refractivity contribution in [2.24, 2.45) is 0 Å². The molecule has 1 unspecified atom stereocenters. The zero-order chi connectivity index (χ0) is 16.7. The van der Waals surface area contributed by atoms with E-state index in [9.17, 15) is 4.79 Å². The van der Waals surface area contributed by atoms with Crippen molar-refractivity contribution in [2.75, 3.05) is 7.11 Å². The van der Waals surface area contributed by atoms with Gasteiger partial charge in [0, 0.05) is 12.6 Å². The van der Waals surface area contributed by atoms with E-state index in [-0.39, 0.29) is 0 Å². The average Bonchev–Trinajstić information content (AvgIpc) is 2.59. The van der Waals surface area contributed by atoms with Gasteiger partial charge in [0.15, 0.2) is 0 Å². The molecule has 2 N–H and O–H groups in total. The summed E-state index contributed by atoms with van der Waals surface area (Å²) < 4.78 is 5.16. The van der Waals surface area contributed by atoms with Crippen molar-refractivity contribution < 1.29 is 14.6 Å². The Morgan fingerprint density at radius 3 is 2.26 bits per heavy atom. The van der Waals surface area contributed by atoms with Crippen molar-refractivity contribution in [3.05, 3.63) is 65.2 Å². The van der Waals surface area contributed by atoms with E-state index in [0.717, 1.165) is 30.7 Å². The molecule has 0 bridgehead atoms. The Kier molecular flexibility index (Phi) is 6.18. The molecule has 0 fully saturated rings. The van der Waals surface area contributed by atoms with E-state index < -0.39 is 5.97 Å². The number of nitrogens with one attached hydrogen (secondary N) is 1. The lowest BCUT2D eigenvalue weighted by Crippen LogP contribution is -2.26. The number of aryl methyl sites for hydroxylation is 1. The van der Waals surface area contributed by atoms with Gasteiger partial charge in [0.2, 0.25) is 0 Å². The minimum atomic E-state index is -0.891. The van der Waals surface area contributed by atoms with Gasteiger partial charge in [-0.3, -0.25) is 0 Å². The molecule has 0 aliphatic carbocycles. The quantitative estimate of drug-likeness (QED) is 0.783. The first-order valence-corrected chi connectivity index (χ1v) is 7.77. The van der Waals surface area contributed by atoms with Crippen molar-refractivity contribution in [1.29, 1.82) is 0 Å². The van der Waals surface area contributed by atoms with Gasteiger partial charge in [-0.25, -0.2) is 4.79 Å². The lowest BCUT2D eigenvalue weighted by atomic mass is 10.1. The van der Waals surface area contributed by atoms with E-state index in [1.807, 2.05) is 24.3 Å². The van der Waals surface area contributed by atoms with Crippen LogP contribution in [0, 0.1) is 0 Å². The summed E-state index contributed by atoms with van der Waals surface area (Å²) in [6, 6.07) is 15.5. The van der Waals surface area contributed by atoms with Crippen LogP contribution in [0.25, 0.3) is 0 Å². The van der Waals surface area contributed by atoms with Gasteiger partial charge >= 0.3 is 5.97 Å². The number of hydrogen-bond donors (Lipinski definition) is 2. The summed E-state index contributed by atoms with van der Waals surface area (Å²) in [4.78, 5) is 10.8. The number of aromatic carboxylic acids is 1. The Bertz CT molecular complexity index is 620. The second-order valence-electron chi connectivity index (χ2n) is 5.67. The molecule has 0 aromatic heterocycles. The predicted octanol–water partition coefficient (Wildman–Crippen LogP) is 3.50. The van der Waals surface area contributed by atoms with Crippen LogP contribution >= 0.6 is 0 Å². The number of benzene rings is 2. The fraction of sp³-hybridized carbons (Fsp3) is 0.316. The first kappa shape index (κ1) is 17.0. The summed E-state index contributed by atoms with van der Waals surface area (Å²) in [5.74, 6) is -0.0119. The summed E-state index contributed by atoms with van der Waals surface area (Å²) in [5.41, 5.74) is 2.71. The second-order valence-corrected chi connectivity index (χ2v) is 5.67. The average molecular weight is 313 g/mol. The van der Waals surface area contributed by atoms with Gasteiger partial charge in [-0.05, 0) is 55.2 Å². The lowest BCUT2D eigenvalue weighted by molar-refractivity contribution is 0.0697. The third-order valence-electron chi connectivity index (χ3n) is 3.88. The highest BCUT2D eigenvalue weighted by atomic mass is 16.5. The highest BCUT2D eigenvalue weighted by Crippen LogP contribution is 2.13. The highest BCUT2D eigenvalue weighted by Gasteiger charge is 2.05. The van der Waals surface area contributed by atoms with Crippen LogP contribution in [0.3, 0.4) is 0 Å². The molecule has 0 saturated carbocycles. The maximum atomic E-state index is 10.8. The lowest BCUT2D eigenvalue weighted by Gasteiger charge is -2.14. The minimum absolute atomic E-state index is 0.321. The van der Waals surface area contributed by atoms with E-state index in [2.05, 4.69) is 24.4 Å². The minimum Gasteiger partial charge on any atom is -0.497 e. The molecule has 0 spiro atoms. The molecule has 0 radical (unpaired) electrons. The van der Waals surface area contributed by atoms with Crippen molar-refractivity contribution in [2.45, 2.75) is 32.4 Å². The molecule has 4 nitrogen and oxygen atoms in total. The van der Waals surface area contributed by atoms with Gasteiger partial charge in [-0.15, -0.1) is 0 Å². The molecule has 1 atom stereocenters. The van der Waals surface area contributed by atoms with E-state index in [4.69, 9.17) is 9.84 Å². The number of methoxy groups -OCH3 is 1. The molecule has 2 aromatic rings. The molecule has 0 aliphatic rings. The zero-order valence-corrected chi connectivity index (χ0v) is 13.6. The molecule has 23 heavy (non-hydrogen) atoms. The van der Waals surface area contributed by atoms with Crippen LogP contribution in [0.5, 0.6) is 5.75 Å². The molecular weight excluding hydrogens is 290 g/mol. The molecule has 0 heterocycles. The Balaban J connectivity index is 1.75. The standard InChI is InChI=1S/C19H23NO3/c1-14(3-4-15-7-11-18(23-2)12-8-15)20-13-16-5-9-17(10-6-16)19(21)22/h5-12,14,20H,3-4,13H2,1-2H3,(H,21,22). The van der Waals surface area contributed by atoms with Crippen LogP contribution in [0.15, 0.2) is 48.5 Å². The van der Waals surface area contributed by atoms with Crippen LogP contribution in [0.1, 0.15) is 34.8 Å². The van der Waals surface area contributed by atoms with Gasteiger partial charge in [0.1, 0.15) is 5.75 Å². The maximum Gasteiger partial charge on any atom is 0.335 e. The van der Waals surface area contributed by atoms with Gasteiger partial charge in [0.25, 0.3) is 0 Å². The van der Waals surface area contributed by atoms with Crippen molar-refractivity contribution in [3.8, 4) is 5.75 Å². The maximum absolute atomic E-state index is 10.8. The third-order valence-corrected chi connectivity index (χ3v) is 3.88. The summed E-state index contributed by atoms with van der Waals surface area (Å²) in [5, 5.41) is 12.3. The topological polar surface area (TPSA) is 58.6 Å². The van der Waals surface area contributed by atoms with Crippen molar-refractivity contribution in [3.63, 3.8) is 0 Å². The van der Waals surface area contributed by atoms with Gasteiger partial charge in [-0.1, -0.05) is 24.3 Å². The van der Waals surface area contributed by atoms with Crippen molar-refractivity contribution in [1.82, 2.24) is 5.32 Å². The Morgan fingerprint density at radius 2 is 1.70 bits per heavy atom. The van der Waals surface area contributed by atoms with Crippen molar-refractivity contribution >= 4 is 5.97 Å². The van der Waals surface area contributed by atoms with Gasteiger partial charge in [-0.2, -0.15) is 0 Å². The molecule has 122 valence electrons. The van der Waals surface area contributed by atoms with Crippen LogP contribution in [-0.4, -0.2) is 24.2 Å². The van der Waals surface area contributed by atoms with Crippen LogP contribution in [0.4, 0.5) is 0 Å². The number of carboxylic acids is 1. The van der Waals surface area contributed by atoms with Crippen LogP contribution in [-0.2, 0) is 13.0 Å². The molecule has 4 heteroatoms. The molecule has 0 saturated heterocycles. The molecular formula is C19H23NO3. The predicted molar refractivity (Wildman–Crippen MR) is 91.0 cm³/mol. The first-order chi connectivity index (χ1) is 11.1. The molecule has 2 aromatic carbocycles. The second kappa shape index (κ2) is 8.34. The fourth-order valence-corrected chi connectivity index (χ4v) is 2.33. The normalized spacial score (nSPS) is 11.9. The SMILES string of the molecule is COc1ccc(CCC(C)NCc2ccc(C(=O)O)cc2)cc1. The summed E-state index contributed by atoms with van der Waals surface area (Å²) >= 11 is 0. The van der Waals surface area contributed by atoms with Crippen LogP contribution in [0.2, 0.25) is 0 Å². The number of hydrogen-bond acceptors (Lipinski definition) is 3. The third kappa shape index (κ3) is 5.42. The summed E-state index contributed by atoms with van der Waals surface area (Å²) in [7, 11) is 1.67. The Hall–Kier alpha value is -2.33. The number of rotatable bonds is 8. The summed E-state index contributed by atoms with van der Waals surface area (Å²) in [6.45, 7) is 2.90. The fourth-order valence-electron chi connectivity index (χ4n) is 2.33. The largest absolute Gasteiger partial charge is 0.497 e. The number of carboxylic acid groups (broad SMARTS) is 1.